The molecule has 3 fully saturated rings. The Morgan fingerprint density at radius 1 is 0.671 bits per heavy atom. The highest BCUT2D eigenvalue weighted by Crippen LogP contribution is 2.46. The van der Waals surface area contributed by atoms with Crippen LogP contribution < -0.4 is 27.8 Å². The number of carboxylic acid groups (broad SMARTS) is 3. The Balaban J connectivity index is 0. The van der Waals surface area contributed by atoms with Gasteiger partial charge in [0.2, 0.25) is 0 Å². The van der Waals surface area contributed by atoms with E-state index in [4.69, 9.17) is 37.0 Å². The van der Waals surface area contributed by atoms with Gasteiger partial charge in [0, 0.05) is 45.2 Å². The number of hydrogen-bond acceptors (Lipinski definition) is 17. The number of halogens is 1. The van der Waals surface area contributed by atoms with E-state index < -0.39 is 76.7 Å². The van der Waals surface area contributed by atoms with Gasteiger partial charge in [-0.2, -0.15) is 0 Å². The number of nitrogens with zero attached hydrogens (tertiary/aromatic N) is 1. The zero-order valence-electron chi connectivity index (χ0n) is 40.4. The minimum absolute atomic E-state index is 0. The highest BCUT2D eigenvalue weighted by molar-refractivity contribution is 6.09. The predicted molar refractivity (Wildman–Crippen MR) is 255 cm³/mol. The van der Waals surface area contributed by atoms with Crippen molar-refractivity contribution < 1.29 is 82.4 Å². The van der Waals surface area contributed by atoms with E-state index in [1.807, 2.05) is 13.8 Å². The number of hydroxylamine groups is 2. The average molecular weight is 1020 g/mol. The van der Waals surface area contributed by atoms with Gasteiger partial charge in [-0.25, -0.2) is 14.4 Å². The van der Waals surface area contributed by atoms with E-state index in [0.29, 0.717) is 102 Å². The zero-order chi connectivity index (χ0) is 52.6. The van der Waals surface area contributed by atoms with Crippen molar-refractivity contribution in [2.45, 2.75) is 148 Å². The van der Waals surface area contributed by atoms with Crippen LogP contribution in [0, 0.1) is 16.7 Å². The molecular formula is C46H75ClN6O17. The second-order valence-electron chi connectivity index (χ2n) is 16.6. The van der Waals surface area contributed by atoms with Gasteiger partial charge in [-0.1, -0.05) is 52.0 Å². The smallest absolute Gasteiger partial charge is 0.407 e. The molecule has 0 aromatic carbocycles. The van der Waals surface area contributed by atoms with Crippen molar-refractivity contribution in [3.8, 4) is 0 Å². The summed E-state index contributed by atoms with van der Waals surface area (Å²) in [4.78, 5) is 131. The Hall–Kier alpha value is -5.78. The van der Waals surface area contributed by atoms with Crippen molar-refractivity contribution >= 4 is 77.6 Å². The minimum Gasteiger partial charge on any atom is -0.481 e. The molecule has 3 aliphatic rings. The van der Waals surface area contributed by atoms with Crippen molar-refractivity contribution in [1.29, 1.82) is 0 Å². The van der Waals surface area contributed by atoms with Gasteiger partial charge in [-0.05, 0) is 83.6 Å². The van der Waals surface area contributed by atoms with Crippen LogP contribution in [-0.2, 0) is 57.5 Å². The summed E-state index contributed by atoms with van der Waals surface area (Å²) < 4.78 is 9.38. The fraction of sp³-hybridized carbons (Fsp3) is 0.674. The van der Waals surface area contributed by atoms with Crippen LogP contribution in [0.15, 0.2) is 25.3 Å². The minimum atomic E-state index is -1.13. The molecule has 3 atom stereocenters. The topological polar surface area (TPSA) is 382 Å². The highest BCUT2D eigenvalue weighted by Gasteiger charge is 2.53. The highest BCUT2D eigenvalue weighted by atomic mass is 35.5. The lowest BCUT2D eigenvalue weighted by molar-refractivity contribution is -0.209. The molecule has 1 saturated heterocycles. The lowest BCUT2D eigenvalue weighted by atomic mass is 9.61. The van der Waals surface area contributed by atoms with Crippen molar-refractivity contribution in [2.75, 3.05) is 32.8 Å². The van der Waals surface area contributed by atoms with Crippen LogP contribution in [-0.4, -0.2) is 131 Å². The molecular weight excluding hydrogens is 944 g/mol. The molecule has 2 saturated carbocycles. The number of carbonyl (C=O) groups excluding carboxylic acids is 8. The number of alkyl carbamates (subject to hydrolysis) is 2. The number of aliphatic carboxylic acids is 3. The first-order chi connectivity index (χ1) is 32.6. The number of carboxylic acids is 3. The second kappa shape index (κ2) is 36.2. The van der Waals surface area contributed by atoms with Crippen LogP contribution in [0.5, 0.6) is 0 Å². The van der Waals surface area contributed by atoms with Gasteiger partial charge in [-0.3, -0.25) is 38.4 Å². The largest absolute Gasteiger partial charge is 0.481 e. The van der Waals surface area contributed by atoms with Crippen LogP contribution in [0.3, 0.4) is 0 Å². The number of imide groups is 1. The number of Topliss-reactive ketones (excluding diaryl/α,β-unsaturated/α-hetero) is 3. The third-order valence-electron chi connectivity index (χ3n) is 11.3. The third kappa shape index (κ3) is 23.7. The lowest BCUT2D eigenvalue weighted by Gasteiger charge is -2.39. The molecule has 24 heteroatoms. The van der Waals surface area contributed by atoms with E-state index in [0.717, 1.165) is 12.8 Å². The maximum atomic E-state index is 12.7. The molecule has 23 nitrogen and oxygen atoms in total. The number of hydrogen-bond donors (Lipinski definition) is 8. The number of rotatable bonds is 29. The molecule has 0 aromatic rings. The summed E-state index contributed by atoms with van der Waals surface area (Å²) in [5.41, 5.74) is 13.5. The van der Waals surface area contributed by atoms with Crippen molar-refractivity contribution in [2.24, 2.45) is 33.9 Å². The van der Waals surface area contributed by atoms with E-state index in [1.54, 1.807) is 0 Å². The van der Waals surface area contributed by atoms with Crippen molar-refractivity contribution in [3.05, 3.63) is 25.3 Å². The molecule has 4 amide bonds. The fourth-order valence-corrected chi connectivity index (χ4v) is 6.87. The summed E-state index contributed by atoms with van der Waals surface area (Å²) >= 11 is 0. The van der Waals surface area contributed by atoms with Crippen molar-refractivity contribution in [3.63, 3.8) is 0 Å². The van der Waals surface area contributed by atoms with E-state index in [9.17, 15) is 57.8 Å². The summed E-state index contributed by atoms with van der Waals surface area (Å²) in [5, 5.41) is 31.6. The van der Waals surface area contributed by atoms with E-state index in [2.05, 4.69) is 28.5 Å². The summed E-state index contributed by atoms with van der Waals surface area (Å²) in [6, 6.07) is -1.62. The second-order valence-corrected chi connectivity index (χ2v) is 16.6. The Kier molecular flexibility index (Phi) is 34.3. The molecule has 1 heterocycles. The predicted octanol–water partition coefficient (Wildman–Crippen LogP) is 3.66. The molecule has 1 aliphatic heterocycles. The van der Waals surface area contributed by atoms with Gasteiger partial charge in [0.25, 0.3) is 11.8 Å². The number of amides is 4. The van der Waals surface area contributed by atoms with Gasteiger partial charge in [-0.15, -0.1) is 17.5 Å². The van der Waals surface area contributed by atoms with Gasteiger partial charge >= 0.3 is 36.1 Å². The first kappa shape index (κ1) is 66.3. The zero-order valence-corrected chi connectivity index (χ0v) is 41.2. The van der Waals surface area contributed by atoms with Crippen LogP contribution in [0.4, 0.5) is 9.59 Å². The molecule has 0 spiro atoms. The average Bonchev–Trinajstić information content (AvgIpc) is 3.58. The monoisotopic (exact) mass is 1020 g/mol. The van der Waals surface area contributed by atoms with Crippen molar-refractivity contribution in [1.82, 2.24) is 15.7 Å². The van der Waals surface area contributed by atoms with Crippen LogP contribution in [0.25, 0.3) is 0 Å². The number of nitrogens with two attached hydrogens (primary N) is 3. The van der Waals surface area contributed by atoms with Gasteiger partial charge in [0.05, 0.1) is 11.3 Å². The maximum absolute atomic E-state index is 12.7. The number of ether oxygens (including phenoxy) is 2. The van der Waals surface area contributed by atoms with Crippen LogP contribution in [0.2, 0.25) is 0 Å². The molecule has 0 radical (unpaired) electrons. The number of nitrogens with one attached hydrogen (secondary N) is 2. The molecule has 0 bridgehead atoms. The Morgan fingerprint density at radius 3 is 1.44 bits per heavy atom. The Bertz CT molecular complexity index is 1760. The van der Waals surface area contributed by atoms with Crippen LogP contribution in [0.1, 0.15) is 136 Å². The molecule has 70 heavy (non-hydrogen) atoms. The third-order valence-corrected chi connectivity index (χ3v) is 11.3. The fourth-order valence-electron chi connectivity index (χ4n) is 6.87. The standard InChI is InChI=1S/C19H29NO6.C13H17NO5.C9H16N2O4.C5H12N2O2.ClH/c1-3-7-15(21)19(9-6-10-19)16(22)13-14(17(23)24)8-5-11-20-18(25)26-12-4-2;1-2-4-9(15)13(7-3-8-13)12(18)19-14-10(16)5-6-11(14)17;1-2-6-15-9(14)11-5-3-4-7(10)8(12)13;6-3-1-2-4(7)5(8)9;/h4,14H,2-3,5-13H2,1H3,(H,20,25)(H,23,24);2-8H2,1H3;2,7H,1,3-6,10H2,(H,11,14)(H,12,13);4H,1-3,6-7H2,(H,8,9);1H/t14-;;7-;4-;/m1.00./s1. The summed E-state index contributed by atoms with van der Waals surface area (Å²) in [5.74, 6) is -6.12. The molecule has 2 aliphatic carbocycles. The van der Waals surface area contributed by atoms with E-state index in [-0.39, 0.29) is 75.2 Å². The summed E-state index contributed by atoms with van der Waals surface area (Å²) in [7, 11) is 0. The number of carbonyl (C=O) groups is 11. The van der Waals surface area contributed by atoms with Gasteiger partial charge < -0.3 is 57.5 Å². The maximum Gasteiger partial charge on any atom is 0.407 e. The van der Waals surface area contributed by atoms with E-state index in [1.165, 1.54) is 12.2 Å². The van der Waals surface area contributed by atoms with Gasteiger partial charge in [0.15, 0.2) is 0 Å². The van der Waals surface area contributed by atoms with Gasteiger partial charge in [0.1, 0.15) is 48.1 Å². The Morgan fingerprint density at radius 2 is 1.09 bits per heavy atom. The number of ketones is 3. The Labute approximate surface area is 414 Å². The SMILES string of the molecule is C=CCOC(=O)NCCC[C@H](CC(=O)C1(C(=O)CCC)CCC1)C(=O)O.C=CCOC(=O)NCCC[C@H](N)C(=O)O.CCCC(=O)C1(C(=O)ON2C(=O)CCC2=O)CCC1.Cl.NCCC[C@H](N)C(=O)O. The van der Waals surface area contributed by atoms with Crippen LogP contribution >= 0.6 is 12.4 Å². The molecule has 398 valence electrons. The molecule has 11 N–H and O–H groups in total. The van der Waals surface area contributed by atoms with E-state index >= 15 is 0 Å². The normalized spacial score (nSPS) is 15.9. The summed E-state index contributed by atoms with van der Waals surface area (Å²) in [6.45, 7) is 11.9. The molecule has 0 unspecified atom stereocenters. The quantitative estimate of drug-likeness (QED) is 0.0229. The molecule has 0 aromatic heterocycles. The lowest BCUT2D eigenvalue weighted by Crippen LogP contribution is -2.49. The molecule has 3 rings (SSSR count). The first-order valence-electron chi connectivity index (χ1n) is 23.2. The first-order valence-corrected chi connectivity index (χ1v) is 23.2. The summed E-state index contributed by atoms with van der Waals surface area (Å²) in [6.07, 6.45) is 9.96.